The lowest BCUT2D eigenvalue weighted by molar-refractivity contribution is 0.0606. The van der Waals surface area contributed by atoms with E-state index in [2.05, 4.69) is 4.74 Å². The van der Waals surface area contributed by atoms with Gasteiger partial charge < -0.3 is 9.84 Å². The molecule has 2 aliphatic carbocycles. The Morgan fingerprint density at radius 1 is 1.00 bits per heavy atom. The molecule has 0 bridgehead atoms. The molecule has 0 spiro atoms. The van der Waals surface area contributed by atoms with Gasteiger partial charge in [-0.25, -0.2) is 9.59 Å². The molecule has 128 valence electrons. The molecule has 5 heteroatoms. The van der Waals surface area contributed by atoms with Gasteiger partial charge in [-0.05, 0) is 11.6 Å². The van der Waals surface area contributed by atoms with Crippen molar-refractivity contribution in [2.24, 2.45) is 0 Å². The first kappa shape index (κ1) is 18.2. The average Bonchev–Trinajstić information content (AvgIpc) is 3.48. The molecule has 0 saturated heterocycles. The predicted molar refractivity (Wildman–Crippen MR) is 95.8 cm³/mol. The third-order valence-electron chi connectivity index (χ3n) is 3.11. The number of benzene rings is 1. The highest BCUT2D eigenvalue weighted by Crippen LogP contribution is 2.32. The molecule has 2 fully saturated rings. The maximum absolute atomic E-state index is 11.6. The Morgan fingerprint density at radius 2 is 1.54 bits per heavy atom. The van der Waals surface area contributed by atoms with E-state index in [0.717, 1.165) is 16.9 Å². The van der Waals surface area contributed by atoms with E-state index in [4.69, 9.17) is 5.11 Å². The number of hydrogen-bond acceptors (Lipinski definition) is 4. The second kappa shape index (κ2) is 9.23. The first-order chi connectivity index (χ1) is 11.6. The highest BCUT2D eigenvalue weighted by molar-refractivity contribution is 7.16. The van der Waals surface area contributed by atoms with Crippen molar-refractivity contribution in [3.63, 3.8) is 0 Å². The number of esters is 1. The summed E-state index contributed by atoms with van der Waals surface area (Å²) >= 11 is 0.921. The van der Waals surface area contributed by atoms with Gasteiger partial charge in [0.2, 0.25) is 0 Å². The number of ether oxygens (including phenoxy) is 1. The van der Waals surface area contributed by atoms with Gasteiger partial charge in [-0.2, -0.15) is 0 Å². The minimum Gasteiger partial charge on any atom is -0.477 e. The second-order valence-electron chi connectivity index (χ2n) is 5.64. The fraction of sp³-hybridized carbons (Fsp3) is 0.368. The summed E-state index contributed by atoms with van der Waals surface area (Å²) < 4.78 is 4.67. The summed E-state index contributed by atoms with van der Waals surface area (Å²) in [5, 5.41) is 8.98. The van der Waals surface area contributed by atoms with Gasteiger partial charge in [-0.1, -0.05) is 68.9 Å². The van der Waals surface area contributed by atoms with E-state index in [0.29, 0.717) is 10.4 Å². The van der Waals surface area contributed by atoms with Crippen LogP contribution >= 0.6 is 11.3 Å². The SMILES string of the molecule is C1CC1.C1CC1.COC(=O)c1sc(C(=O)O)cc1-c1ccccc1. The van der Waals surface area contributed by atoms with Crippen molar-refractivity contribution < 1.29 is 19.4 Å². The second-order valence-corrected chi connectivity index (χ2v) is 6.69. The summed E-state index contributed by atoms with van der Waals surface area (Å²) in [5.41, 5.74) is 1.38. The Balaban J connectivity index is 0.000000288. The van der Waals surface area contributed by atoms with Crippen molar-refractivity contribution >= 4 is 23.3 Å². The molecule has 24 heavy (non-hydrogen) atoms. The molecular formula is C19H22O4S. The number of aromatic carboxylic acids is 1. The Bertz CT molecular complexity index is 660. The molecule has 2 aromatic rings. The van der Waals surface area contributed by atoms with Crippen molar-refractivity contribution in [2.45, 2.75) is 38.5 Å². The quantitative estimate of drug-likeness (QED) is 0.772. The van der Waals surface area contributed by atoms with Crippen molar-refractivity contribution in [3.05, 3.63) is 46.2 Å². The maximum atomic E-state index is 11.6. The van der Waals surface area contributed by atoms with Gasteiger partial charge in [0.05, 0.1) is 7.11 Å². The number of carbonyl (C=O) groups excluding carboxylic acids is 1. The zero-order valence-corrected chi connectivity index (χ0v) is 14.6. The van der Waals surface area contributed by atoms with Crippen molar-refractivity contribution in [1.82, 2.24) is 0 Å². The molecule has 1 aromatic carbocycles. The Labute approximate surface area is 146 Å². The summed E-state index contributed by atoms with van der Waals surface area (Å²) in [5.74, 6) is -1.57. The summed E-state index contributed by atoms with van der Waals surface area (Å²) in [4.78, 5) is 23.0. The first-order valence-electron chi connectivity index (χ1n) is 8.14. The van der Waals surface area contributed by atoms with Crippen LogP contribution in [-0.2, 0) is 4.74 Å². The van der Waals surface area contributed by atoms with Crippen LogP contribution in [0.25, 0.3) is 11.1 Å². The number of rotatable bonds is 3. The van der Waals surface area contributed by atoms with E-state index in [1.54, 1.807) is 0 Å². The summed E-state index contributed by atoms with van der Waals surface area (Å²) in [6.45, 7) is 0. The molecule has 4 nitrogen and oxygen atoms in total. The molecule has 1 N–H and O–H groups in total. The van der Waals surface area contributed by atoms with E-state index < -0.39 is 11.9 Å². The fourth-order valence-corrected chi connectivity index (χ4v) is 2.51. The smallest absolute Gasteiger partial charge is 0.348 e. The molecule has 1 aromatic heterocycles. The molecule has 0 radical (unpaired) electrons. The third-order valence-corrected chi connectivity index (χ3v) is 4.21. The van der Waals surface area contributed by atoms with Gasteiger partial charge in [0, 0.05) is 5.56 Å². The minimum absolute atomic E-state index is 0.120. The van der Waals surface area contributed by atoms with Crippen LogP contribution in [0.4, 0.5) is 0 Å². The number of carbonyl (C=O) groups is 2. The molecule has 4 rings (SSSR count). The Kier molecular flexibility index (Phi) is 7.00. The lowest BCUT2D eigenvalue weighted by Gasteiger charge is -2.01. The molecule has 0 atom stereocenters. The van der Waals surface area contributed by atoms with Crippen molar-refractivity contribution in [2.75, 3.05) is 7.11 Å². The molecular weight excluding hydrogens is 324 g/mol. The first-order valence-corrected chi connectivity index (χ1v) is 8.96. The molecule has 0 aliphatic heterocycles. The maximum Gasteiger partial charge on any atom is 0.348 e. The average molecular weight is 346 g/mol. The lowest BCUT2D eigenvalue weighted by atomic mass is 10.1. The van der Waals surface area contributed by atoms with Gasteiger partial charge in [-0.15, -0.1) is 11.3 Å². The van der Waals surface area contributed by atoms with Crippen LogP contribution in [0, 0.1) is 0 Å². The minimum atomic E-state index is -1.05. The normalized spacial score (nSPS) is 13.5. The summed E-state index contributed by atoms with van der Waals surface area (Å²) in [6, 6.07) is 10.6. The van der Waals surface area contributed by atoms with Crippen LogP contribution in [0.1, 0.15) is 57.9 Å². The number of carboxylic acids is 1. The van der Waals surface area contributed by atoms with E-state index >= 15 is 0 Å². The van der Waals surface area contributed by atoms with Crippen LogP contribution in [0.3, 0.4) is 0 Å². The highest BCUT2D eigenvalue weighted by atomic mass is 32.1. The van der Waals surface area contributed by atoms with Gasteiger partial charge in [0.25, 0.3) is 0 Å². The largest absolute Gasteiger partial charge is 0.477 e. The van der Waals surface area contributed by atoms with Crippen LogP contribution in [0.2, 0.25) is 0 Å². The summed E-state index contributed by atoms with van der Waals surface area (Å²) in [6.07, 6.45) is 9.00. The number of hydrogen-bond donors (Lipinski definition) is 1. The van der Waals surface area contributed by atoms with Gasteiger partial charge >= 0.3 is 11.9 Å². The Morgan fingerprint density at radius 3 is 1.96 bits per heavy atom. The molecule has 0 unspecified atom stereocenters. The van der Waals surface area contributed by atoms with Crippen LogP contribution in [-0.4, -0.2) is 24.2 Å². The van der Waals surface area contributed by atoms with Crippen molar-refractivity contribution in [1.29, 1.82) is 0 Å². The third kappa shape index (κ3) is 6.16. The van der Waals surface area contributed by atoms with Gasteiger partial charge in [-0.3, -0.25) is 0 Å². The van der Waals surface area contributed by atoms with Crippen LogP contribution < -0.4 is 0 Å². The van der Waals surface area contributed by atoms with Gasteiger partial charge in [0.1, 0.15) is 9.75 Å². The lowest BCUT2D eigenvalue weighted by Crippen LogP contribution is -1.99. The zero-order chi connectivity index (χ0) is 17.4. The zero-order valence-electron chi connectivity index (χ0n) is 13.8. The topological polar surface area (TPSA) is 63.6 Å². The molecule has 0 amide bonds. The summed E-state index contributed by atoms with van der Waals surface area (Å²) in [7, 11) is 1.28. The van der Waals surface area contributed by atoms with Crippen molar-refractivity contribution in [3.8, 4) is 11.1 Å². The van der Waals surface area contributed by atoms with Crippen LogP contribution in [0.5, 0.6) is 0 Å². The van der Waals surface area contributed by atoms with Crippen LogP contribution in [0.15, 0.2) is 36.4 Å². The highest BCUT2D eigenvalue weighted by Gasteiger charge is 2.20. The molecule has 2 saturated carbocycles. The van der Waals surface area contributed by atoms with E-state index in [1.807, 2.05) is 30.3 Å². The van der Waals surface area contributed by atoms with E-state index in [-0.39, 0.29) is 4.88 Å². The Hall–Kier alpha value is -2.14. The monoisotopic (exact) mass is 346 g/mol. The predicted octanol–water partition coefficient (Wildman–Crippen LogP) is 5.24. The molecule has 2 aliphatic rings. The van der Waals surface area contributed by atoms with Gasteiger partial charge in [0.15, 0.2) is 0 Å². The molecule has 1 heterocycles. The van der Waals surface area contributed by atoms with E-state index in [9.17, 15) is 9.59 Å². The number of carboxylic acid groups (broad SMARTS) is 1. The fourth-order valence-electron chi connectivity index (χ4n) is 1.57. The number of thiophene rings is 1. The van der Waals surface area contributed by atoms with E-state index in [1.165, 1.54) is 51.7 Å². The number of methoxy groups -OCH3 is 1. The standard InChI is InChI=1S/C13H10O4S.2C3H6/c1-17-13(16)11-9(7-10(18-11)12(14)15)8-5-3-2-4-6-8;2*1-2-3-1/h2-7H,1H3,(H,14,15);2*1-3H2.